The lowest BCUT2D eigenvalue weighted by Crippen LogP contribution is -2.28. The van der Waals surface area contributed by atoms with Crippen molar-refractivity contribution in [3.8, 4) is 6.07 Å². The number of nitrogens with one attached hydrogen (secondary N) is 1. The van der Waals surface area contributed by atoms with Crippen LogP contribution >= 0.6 is 11.6 Å². The lowest BCUT2D eigenvalue weighted by atomic mass is 9.84. The Kier molecular flexibility index (Phi) is 4.21. The van der Waals surface area contributed by atoms with Gasteiger partial charge in [-0.2, -0.15) is 10.2 Å². The normalized spacial score (nSPS) is 23.3. The third-order valence-corrected chi connectivity index (χ3v) is 3.47. The van der Waals surface area contributed by atoms with Crippen molar-refractivity contribution in [2.45, 2.75) is 38.1 Å². The van der Waals surface area contributed by atoms with Crippen LogP contribution in [0, 0.1) is 17.2 Å². The molecule has 1 fully saturated rings. The second-order valence-corrected chi connectivity index (χ2v) is 5.02. The van der Waals surface area contributed by atoms with Gasteiger partial charge in [0.05, 0.1) is 18.0 Å². The minimum absolute atomic E-state index is 0.191. The van der Waals surface area contributed by atoms with Crippen LogP contribution < -0.4 is 11.1 Å². The molecule has 1 saturated carbocycles. The van der Waals surface area contributed by atoms with Gasteiger partial charge in [0.2, 0.25) is 5.28 Å². The summed E-state index contributed by atoms with van der Waals surface area (Å²) in [5, 5.41) is 12.2. The fourth-order valence-corrected chi connectivity index (χ4v) is 2.55. The van der Waals surface area contributed by atoms with E-state index in [-0.39, 0.29) is 5.28 Å². The molecule has 5 nitrogen and oxygen atoms in total. The van der Waals surface area contributed by atoms with Gasteiger partial charge in [0.15, 0.2) is 5.82 Å². The SMILES string of the molecule is N#CCC1CCCC(Nc2nc(Cl)ncc2N)C1. The first kappa shape index (κ1) is 12.9. The first-order valence-electron chi connectivity index (χ1n) is 6.10. The van der Waals surface area contributed by atoms with Crippen LogP contribution in [-0.4, -0.2) is 16.0 Å². The van der Waals surface area contributed by atoms with Crippen LogP contribution in [0.3, 0.4) is 0 Å². The number of halogens is 1. The summed E-state index contributed by atoms with van der Waals surface area (Å²) >= 11 is 5.75. The van der Waals surface area contributed by atoms with E-state index >= 15 is 0 Å². The quantitative estimate of drug-likeness (QED) is 0.820. The van der Waals surface area contributed by atoms with Gasteiger partial charge in [-0.3, -0.25) is 0 Å². The molecular formula is C12H16ClN5. The van der Waals surface area contributed by atoms with E-state index in [1.807, 2.05) is 0 Å². The van der Waals surface area contributed by atoms with Gasteiger partial charge in [0.25, 0.3) is 0 Å². The second-order valence-electron chi connectivity index (χ2n) is 4.68. The highest BCUT2D eigenvalue weighted by molar-refractivity contribution is 6.28. The number of anilines is 2. The number of hydrogen-bond donors (Lipinski definition) is 2. The van der Waals surface area contributed by atoms with Gasteiger partial charge in [-0.25, -0.2) is 4.98 Å². The van der Waals surface area contributed by atoms with Crippen LogP contribution in [0.2, 0.25) is 5.28 Å². The molecule has 0 aromatic carbocycles. The molecular weight excluding hydrogens is 250 g/mol. The summed E-state index contributed by atoms with van der Waals surface area (Å²) in [4.78, 5) is 7.91. The summed E-state index contributed by atoms with van der Waals surface area (Å²) in [5.74, 6) is 1.07. The first-order valence-corrected chi connectivity index (χ1v) is 6.48. The number of nitrogens with zero attached hydrogens (tertiary/aromatic N) is 3. The average Bonchev–Trinajstić information content (AvgIpc) is 2.35. The van der Waals surface area contributed by atoms with Crippen LogP contribution in [0.4, 0.5) is 11.5 Å². The molecule has 18 heavy (non-hydrogen) atoms. The topological polar surface area (TPSA) is 87.6 Å². The lowest BCUT2D eigenvalue weighted by Gasteiger charge is -2.29. The maximum absolute atomic E-state index is 8.75. The van der Waals surface area contributed by atoms with Crippen molar-refractivity contribution in [1.29, 1.82) is 5.26 Å². The molecule has 0 amide bonds. The standard InChI is InChI=1S/C12H16ClN5/c13-12-16-7-10(15)11(18-12)17-9-3-1-2-8(6-9)4-5-14/h7-9H,1-4,6,15H2,(H,16,17,18). The van der Waals surface area contributed by atoms with E-state index in [0.717, 1.165) is 25.7 Å². The van der Waals surface area contributed by atoms with Crippen molar-refractivity contribution in [2.75, 3.05) is 11.1 Å². The maximum Gasteiger partial charge on any atom is 0.224 e. The zero-order chi connectivity index (χ0) is 13.0. The molecule has 0 radical (unpaired) electrons. The molecule has 0 bridgehead atoms. The number of nitrogens with two attached hydrogens (primary N) is 1. The molecule has 1 aliphatic rings. The molecule has 1 aromatic rings. The summed E-state index contributed by atoms with van der Waals surface area (Å²) in [7, 11) is 0. The molecule has 3 N–H and O–H groups in total. The molecule has 0 spiro atoms. The summed E-state index contributed by atoms with van der Waals surface area (Å²) < 4.78 is 0. The number of aromatic nitrogens is 2. The van der Waals surface area contributed by atoms with E-state index in [4.69, 9.17) is 22.6 Å². The van der Waals surface area contributed by atoms with Crippen LogP contribution in [0.5, 0.6) is 0 Å². The van der Waals surface area contributed by atoms with E-state index in [1.165, 1.54) is 6.20 Å². The monoisotopic (exact) mass is 265 g/mol. The minimum atomic E-state index is 0.191. The first-order chi connectivity index (χ1) is 8.69. The van der Waals surface area contributed by atoms with E-state index in [9.17, 15) is 0 Å². The highest BCUT2D eigenvalue weighted by Gasteiger charge is 2.22. The van der Waals surface area contributed by atoms with E-state index in [0.29, 0.717) is 29.9 Å². The third kappa shape index (κ3) is 3.23. The van der Waals surface area contributed by atoms with Crippen molar-refractivity contribution in [2.24, 2.45) is 5.92 Å². The predicted octanol–water partition coefficient (Wildman–Crippen LogP) is 2.60. The summed E-state index contributed by atoms with van der Waals surface area (Å²) in [6.45, 7) is 0. The summed E-state index contributed by atoms with van der Waals surface area (Å²) in [5.41, 5.74) is 6.30. The fraction of sp³-hybridized carbons (Fsp3) is 0.583. The molecule has 2 rings (SSSR count). The zero-order valence-electron chi connectivity index (χ0n) is 10.1. The fourth-order valence-electron chi connectivity index (χ4n) is 2.42. The van der Waals surface area contributed by atoms with Gasteiger partial charge in [-0.15, -0.1) is 0 Å². The molecule has 1 aliphatic carbocycles. The minimum Gasteiger partial charge on any atom is -0.394 e. The van der Waals surface area contributed by atoms with Crippen molar-refractivity contribution in [3.63, 3.8) is 0 Å². The van der Waals surface area contributed by atoms with E-state index in [1.54, 1.807) is 0 Å². The van der Waals surface area contributed by atoms with Crippen molar-refractivity contribution in [1.82, 2.24) is 9.97 Å². The number of hydrogen-bond acceptors (Lipinski definition) is 5. The molecule has 0 saturated heterocycles. The van der Waals surface area contributed by atoms with Crippen LogP contribution in [0.15, 0.2) is 6.20 Å². The van der Waals surface area contributed by atoms with Gasteiger partial charge in [0, 0.05) is 12.5 Å². The van der Waals surface area contributed by atoms with Crippen LogP contribution in [0.1, 0.15) is 32.1 Å². The van der Waals surface area contributed by atoms with Crippen molar-refractivity contribution >= 4 is 23.1 Å². The molecule has 2 unspecified atom stereocenters. The van der Waals surface area contributed by atoms with E-state index < -0.39 is 0 Å². The predicted molar refractivity (Wildman–Crippen MR) is 71.1 cm³/mol. The highest BCUT2D eigenvalue weighted by Crippen LogP contribution is 2.29. The van der Waals surface area contributed by atoms with Crippen molar-refractivity contribution < 1.29 is 0 Å². The molecule has 2 atom stereocenters. The van der Waals surface area contributed by atoms with Crippen LogP contribution in [-0.2, 0) is 0 Å². The Bertz CT molecular complexity index is 456. The average molecular weight is 266 g/mol. The zero-order valence-corrected chi connectivity index (χ0v) is 10.8. The number of rotatable bonds is 3. The number of nitriles is 1. The Morgan fingerprint density at radius 2 is 2.39 bits per heavy atom. The second kappa shape index (κ2) is 5.87. The molecule has 1 heterocycles. The third-order valence-electron chi connectivity index (χ3n) is 3.29. The summed E-state index contributed by atoms with van der Waals surface area (Å²) in [6.07, 6.45) is 6.44. The molecule has 1 aromatic heterocycles. The lowest BCUT2D eigenvalue weighted by molar-refractivity contribution is 0.339. The van der Waals surface area contributed by atoms with Crippen LogP contribution in [0.25, 0.3) is 0 Å². The molecule has 6 heteroatoms. The van der Waals surface area contributed by atoms with Gasteiger partial charge in [-0.05, 0) is 36.8 Å². The van der Waals surface area contributed by atoms with Gasteiger partial charge >= 0.3 is 0 Å². The largest absolute Gasteiger partial charge is 0.394 e. The van der Waals surface area contributed by atoms with Crippen molar-refractivity contribution in [3.05, 3.63) is 11.5 Å². The Balaban J connectivity index is 2.00. The number of nitrogen functional groups attached to an aromatic ring is 1. The Labute approximate surface area is 111 Å². The Hall–Kier alpha value is -1.54. The van der Waals surface area contributed by atoms with Gasteiger partial charge < -0.3 is 11.1 Å². The van der Waals surface area contributed by atoms with E-state index in [2.05, 4.69) is 21.4 Å². The van der Waals surface area contributed by atoms with Gasteiger partial charge in [0.1, 0.15) is 0 Å². The van der Waals surface area contributed by atoms with Gasteiger partial charge in [-0.1, -0.05) is 6.42 Å². The Morgan fingerprint density at radius 1 is 1.56 bits per heavy atom. The summed E-state index contributed by atoms with van der Waals surface area (Å²) in [6, 6.07) is 2.55. The highest BCUT2D eigenvalue weighted by atomic mass is 35.5. The molecule has 0 aliphatic heterocycles. The maximum atomic E-state index is 8.75. The molecule has 96 valence electrons. The Morgan fingerprint density at radius 3 is 3.17 bits per heavy atom. The smallest absolute Gasteiger partial charge is 0.224 e.